The summed E-state index contributed by atoms with van der Waals surface area (Å²) in [6.45, 7) is 4.63. The topological polar surface area (TPSA) is 58.6 Å². The number of unbranched alkanes of at least 4 members (excludes halogenated alkanes) is 5. The molecular weight excluding hydrogens is 427 g/mol. The summed E-state index contributed by atoms with van der Waals surface area (Å²) in [5.41, 5.74) is 0.208. The minimum Gasteiger partial charge on any atom is -0.378 e. The predicted octanol–water partition coefficient (Wildman–Crippen LogP) is 5.44. The zero-order valence-electron chi connectivity index (χ0n) is 20.0. The second-order valence-electron chi connectivity index (χ2n) is 9.13. The summed E-state index contributed by atoms with van der Waals surface area (Å²) < 4.78 is 47.3. The fourth-order valence-corrected chi connectivity index (χ4v) is 5.86. The van der Waals surface area contributed by atoms with Crippen LogP contribution >= 0.6 is 0 Å². The van der Waals surface area contributed by atoms with Gasteiger partial charge in [0.15, 0.2) is 0 Å². The Labute approximate surface area is 195 Å². The van der Waals surface area contributed by atoms with Crippen molar-refractivity contribution in [2.45, 2.75) is 101 Å². The van der Waals surface area contributed by atoms with E-state index in [0.29, 0.717) is 0 Å². The first kappa shape index (κ1) is 27.2. The fourth-order valence-electron chi connectivity index (χ4n) is 4.34. The molecule has 1 aliphatic rings. The van der Waals surface area contributed by atoms with Gasteiger partial charge in [-0.15, -0.1) is 0 Å². The third-order valence-corrected chi connectivity index (χ3v) is 7.95. The van der Waals surface area contributed by atoms with Crippen molar-refractivity contribution in [3.63, 3.8) is 0 Å². The highest BCUT2D eigenvalue weighted by Crippen LogP contribution is 2.24. The lowest BCUT2D eigenvalue weighted by molar-refractivity contribution is 0.0220. The molecule has 1 aromatic rings. The Kier molecular flexibility index (Phi) is 12.8. The number of nitrogens with one attached hydrogen (secondary N) is 1. The first-order valence-electron chi connectivity index (χ1n) is 12.4. The molecule has 0 aromatic heterocycles. The second kappa shape index (κ2) is 15.0. The largest absolute Gasteiger partial charge is 0.378 e. The molecule has 5 nitrogen and oxygen atoms in total. The fraction of sp³-hybridized carbons (Fsp3) is 0.760. The van der Waals surface area contributed by atoms with Crippen LogP contribution in [0, 0.1) is 0 Å². The molecular formula is C25H43FN2O3S. The lowest BCUT2D eigenvalue weighted by Gasteiger charge is -2.29. The lowest BCUT2D eigenvalue weighted by atomic mass is 9.94. The van der Waals surface area contributed by atoms with Gasteiger partial charge in [0.25, 0.3) is 0 Å². The maximum Gasteiger partial charge on any atom is 0.241 e. The molecule has 0 aliphatic heterocycles. The van der Waals surface area contributed by atoms with E-state index in [9.17, 15) is 12.8 Å². The van der Waals surface area contributed by atoms with E-state index in [-0.39, 0.29) is 22.6 Å². The van der Waals surface area contributed by atoms with Gasteiger partial charge in [0.2, 0.25) is 10.0 Å². The van der Waals surface area contributed by atoms with Gasteiger partial charge in [-0.2, -0.15) is 0 Å². The number of ether oxygens (including phenoxy) is 1. The average Bonchev–Trinajstić information content (AvgIpc) is 2.79. The molecule has 2 rings (SSSR count). The molecule has 0 bridgehead atoms. The number of nitrogens with zero attached hydrogens (tertiary/aromatic N) is 1. The van der Waals surface area contributed by atoms with Crippen LogP contribution in [0.5, 0.6) is 0 Å². The van der Waals surface area contributed by atoms with Crippen molar-refractivity contribution in [3.8, 4) is 0 Å². The molecule has 0 amide bonds. The van der Waals surface area contributed by atoms with Crippen LogP contribution in [0.1, 0.15) is 83.1 Å². The minimum atomic E-state index is -3.70. The summed E-state index contributed by atoms with van der Waals surface area (Å²) in [5, 5.41) is 0. The van der Waals surface area contributed by atoms with Gasteiger partial charge < -0.3 is 9.64 Å². The Balaban J connectivity index is 1.56. The molecule has 0 atom stereocenters. The standard InChI is InChI=1S/C25H43FN2O3S/c1-3-4-9-18-28(2)19-10-5-6-11-20-31-24-16-14-23(15-17-24)27-32(29,30)25-13-8-7-12-22(25)21-26/h7-8,12-13,23-24,27H,3-6,9-11,14-21H2,1-2H3. The molecule has 184 valence electrons. The first-order valence-corrected chi connectivity index (χ1v) is 13.9. The number of hydrogen-bond acceptors (Lipinski definition) is 4. The van der Waals surface area contributed by atoms with Crippen LogP contribution in [-0.2, 0) is 21.4 Å². The molecule has 1 N–H and O–H groups in total. The van der Waals surface area contributed by atoms with Gasteiger partial charge in [-0.1, -0.05) is 50.8 Å². The molecule has 0 unspecified atom stereocenters. The van der Waals surface area contributed by atoms with Crippen molar-refractivity contribution in [1.82, 2.24) is 9.62 Å². The summed E-state index contributed by atoms with van der Waals surface area (Å²) in [5.74, 6) is 0. The van der Waals surface area contributed by atoms with E-state index in [0.717, 1.165) is 38.7 Å². The van der Waals surface area contributed by atoms with Gasteiger partial charge in [0, 0.05) is 18.2 Å². The molecule has 32 heavy (non-hydrogen) atoms. The summed E-state index contributed by atoms with van der Waals surface area (Å²) >= 11 is 0. The number of halogens is 1. The monoisotopic (exact) mass is 470 g/mol. The van der Waals surface area contributed by atoms with Crippen molar-refractivity contribution < 1.29 is 17.5 Å². The molecule has 0 heterocycles. The number of hydrogen-bond donors (Lipinski definition) is 1. The van der Waals surface area contributed by atoms with E-state index < -0.39 is 16.7 Å². The molecule has 0 spiro atoms. The van der Waals surface area contributed by atoms with Crippen LogP contribution in [0.25, 0.3) is 0 Å². The molecule has 1 saturated carbocycles. The zero-order chi connectivity index (χ0) is 23.2. The Morgan fingerprint density at radius 2 is 1.66 bits per heavy atom. The Morgan fingerprint density at radius 3 is 2.34 bits per heavy atom. The summed E-state index contributed by atoms with van der Waals surface area (Å²) in [7, 11) is -1.48. The van der Waals surface area contributed by atoms with Crippen molar-refractivity contribution in [3.05, 3.63) is 29.8 Å². The Morgan fingerprint density at radius 1 is 1.00 bits per heavy atom. The Hall–Kier alpha value is -1.02. The molecule has 1 aromatic carbocycles. The molecule has 1 aliphatic carbocycles. The maximum absolute atomic E-state index is 13.1. The van der Waals surface area contributed by atoms with Crippen LogP contribution in [0.4, 0.5) is 4.39 Å². The van der Waals surface area contributed by atoms with Gasteiger partial charge in [0.1, 0.15) is 6.67 Å². The first-order chi connectivity index (χ1) is 15.5. The number of sulfonamides is 1. The van der Waals surface area contributed by atoms with Crippen LogP contribution in [-0.4, -0.2) is 52.2 Å². The average molecular weight is 471 g/mol. The molecule has 0 saturated heterocycles. The van der Waals surface area contributed by atoms with E-state index in [1.807, 2.05) is 0 Å². The maximum atomic E-state index is 13.1. The highest BCUT2D eigenvalue weighted by atomic mass is 32.2. The van der Waals surface area contributed by atoms with Crippen molar-refractivity contribution in [2.75, 3.05) is 26.7 Å². The van der Waals surface area contributed by atoms with Crippen LogP contribution in [0.2, 0.25) is 0 Å². The third kappa shape index (κ3) is 9.86. The number of benzene rings is 1. The normalized spacial score (nSPS) is 19.5. The Bertz CT molecular complexity index is 736. The van der Waals surface area contributed by atoms with Crippen molar-refractivity contribution >= 4 is 10.0 Å². The minimum absolute atomic E-state index is 0.0491. The van der Waals surface area contributed by atoms with Gasteiger partial charge in [-0.25, -0.2) is 17.5 Å². The van der Waals surface area contributed by atoms with Crippen LogP contribution in [0.3, 0.4) is 0 Å². The highest BCUT2D eigenvalue weighted by Gasteiger charge is 2.27. The summed E-state index contributed by atoms with van der Waals surface area (Å²) in [6, 6.07) is 6.16. The van der Waals surface area contributed by atoms with Gasteiger partial charge in [-0.3, -0.25) is 0 Å². The van der Waals surface area contributed by atoms with E-state index in [1.165, 1.54) is 63.7 Å². The second-order valence-corrected chi connectivity index (χ2v) is 10.8. The summed E-state index contributed by atoms with van der Waals surface area (Å²) in [4.78, 5) is 2.49. The van der Waals surface area contributed by atoms with E-state index >= 15 is 0 Å². The van der Waals surface area contributed by atoms with E-state index in [2.05, 4.69) is 23.6 Å². The number of alkyl halides is 1. The SMILES string of the molecule is CCCCCN(C)CCCCCCOC1CCC(NS(=O)(=O)c2ccccc2CF)CC1. The molecule has 1 fully saturated rings. The highest BCUT2D eigenvalue weighted by molar-refractivity contribution is 7.89. The third-order valence-electron chi connectivity index (χ3n) is 6.33. The summed E-state index contributed by atoms with van der Waals surface area (Å²) in [6.07, 6.45) is 12.1. The van der Waals surface area contributed by atoms with Gasteiger partial charge in [-0.05, 0) is 71.1 Å². The van der Waals surface area contributed by atoms with Crippen molar-refractivity contribution in [2.24, 2.45) is 0 Å². The van der Waals surface area contributed by atoms with Crippen LogP contribution in [0.15, 0.2) is 29.2 Å². The van der Waals surface area contributed by atoms with E-state index in [4.69, 9.17) is 4.74 Å². The molecule has 0 radical (unpaired) electrons. The number of rotatable bonds is 16. The van der Waals surface area contributed by atoms with Crippen molar-refractivity contribution in [1.29, 1.82) is 0 Å². The van der Waals surface area contributed by atoms with Crippen LogP contribution < -0.4 is 4.72 Å². The predicted molar refractivity (Wildman–Crippen MR) is 129 cm³/mol. The van der Waals surface area contributed by atoms with E-state index in [1.54, 1.807) is 12.1 Å². The molecule has 7 heteroatoms. The van der Waals surface area contributed by atoms with Gasteiger partial charge >= 0.3 is 0 Å². The zero-order valence-corrected chi connectivity index (χ0v) is 20.8. The quantitative estimate of drug-likeness (QED) is 0.327. The lowest BCUT2D eigenvalue weighted by Crippen LogP contribution is -2.39. The smallest absolute Gasteiger partial charge is 0.241 e. The van der Waals surface area contributed by atoms with Gasteiger partial charge in [0.05, 0.1) is 11.0 Å².